The van der Waals surface area contributed by atoms with Crippen molar-refractivity contribution in [2.24, 2.45) is 4.99 Å². The Kier molecular flexibility index (Phi) is 10.3. The van der Waals surface area contributed by atoms with Gasteiger partial charge in [0.05, 0.1) is 43.6 Å². The van der Waals surface area contributed by atoms with E-state index in [1.54, 1.807) is 57.2 Å². The number of nitrogens with zero attached hydrogens (tertiary/aromatic N) is 3. The van der Waals surface area contributed by atoms with Gasteiger partial charge in [0.25, 0.3) is 11.2 Å². The van der Waals surface area contributed by atoms with Gasteiger partial charge in [-0.3, -0.25) is 19.5 Å². The van der Waals surface area contributed by atoms with Crippen molar-refractivity contribution in [1.82, 2.24) is 4.57 Å². The number of esters is 1. The van der Waals surface area contributed by atoms with Crippen molar-refractivity contribution in [3.8, 4) is 11.5 Å². The van der Waals surface area contributed by atoms with Crippen LogP contribution >= 0.6 is 45.5 Å². The number of fused-ring (bicyclic) bond motifs is 1. The topological polar surface area (TPSA) is 122 Å². The first kappa shape index (κ1) is 33.4. The van der Waals surface area contributed by atoms with Gasteiger partial charge in [-0.25, -0.2) is 9.79 Å². The van der Waals surface area contributed by atoms with E-state index in [1.807, 2.05) is 25.1 Å². The van der Waals surface area contributed by atoms with E-state index in [-0.39, 0.29) is 17.9 Å². The summed E-state index contributed by atoms with van der Waals surface area (Å²) in [4.78, 5) is 43.5. The van der Waals surface area contributed by atoms with Gasteiger partial charge < -0.3 is 14.2 Å². The number of aryl methyl sites for hydroxylation is 1. The first-order chi connectivity index (χ1) is 22.0. The Balaban J connectivity index is 1.61. The van der Waals surface area contributed by atoms with Crippen LogP contribution in [-0.2, 0) is 16.1 Å². The van der Waals surface area contributed by atoms with E-state index in [4.69, 9.17) is 25.8 Å². The van der Waals surface area contributed by atoms with Gasteiger partial charge in [0.15, 0.2) is 16.3 Å². The number of carbonyl (C=O) groups excluding carboxylic acids is 1. The summed E-state index contributed by atoms with van der Waals surface area (Å²) in [7, 11) is 0. The SMILES string of the molecule is CCOC(=O)C1=C(C)N=c2s/c(=C/c3cc(I)c(OCc4ccc(Cl)cc4)c(OCC)c3)c(=O)n2[C@@H]1c1ccc(C)c([N+](=O)[O-])c1. The third kappa shape index (κ3) is 6.88. The highest BCUT2D eigenvalue weighted by Gasteiger charge is 2.34. The summed E-state index contributed by atoms with van der Waals surface area (Å²) in [6, 6.07) is 14.8. The lowest BCUT2D eigenvalue weighted by molar-refractivity contribution is -0.385. The minimum atomic E-state index is -0.973. The second kappa shape index (κ2) is 14.2. The highest BCUT2D eigenvalue weighted by Crippen LogP contribution is 2.36. The average molecular weight is 774 g/mol. The number of hydrogen-bond acceptors (Lipinski definition) is 9. The third-order valence-electron chi connectivity index (χ3n) is 7.19. The number of rotatable bonds is 10. The lowest BCUT2D eigenvalue weighted by Crippen LogP contribution is -2.40. The number of carbonyl (C=O) groups is 1. The smallest absolute Gasteiger partial charge is 0.338 e. The van der Waals surface area contributed by atoms with E-state index in [0.717, 1.165) is 20.5 Å². The number of nitro groups is 1. The first-order valence-electron chi connectivity index (χ1n) is 14.3. The summed E-state index contributed by atoms with van der Waals surface area (Å²) in [5, 5.41) is 12.4. The zero-order valence-electron chi connectivity index (χ0n) is 25.3. The number of benzene rings is 3. The molecule has 0 aliphatic carbocycles. The van der Waals surface area contributed by atoms with Gasteiger partial charge in [-0.05, 0) is 97.3 Å². The number of halogens is 2. The minimum absolute atomic E-state index is 0.112. The molecule has 13 heteroatoms. The van der Waals surface area contributed by atoms with Gasteiger partial charge in [-0.15, -0.1) is 0 Å². The Morgan fingerprint density at radius 3 is 2.52 bits per heavy atom. The van der Waals surface area contributed by atoms with Gasteiger partial charge >= 0.3 is 5.97 Å². The molecule has 2 heterocycles. The molecule has 1 atom stereocenters. The van der Waals surface area contributed by atoms with Gasteiger partial charge in [-0.2, -0.15) is 0 Å². The predicted molar refractivity (Wildman–Crippen MR) is 184 cm³/mol. The van der Waals surface area contributed by atoms with Crippen LogP contribution in [0.15, 0.2) is 75.7 Å². The molecule has 0 fully saturated rings. The fourth-order valence-corrected chi connectivity index (χ4v) is 7.02. The van der Waals surface area contributed by atoms with Crippen LogP contribution in [0, 0.1) is 20.6 Å². The number of allylic oxidation sites excluding steroid dienone is 1. The van der Waals surface area contributed by atoms with Crippen molar-refractivity contribution in [2.45, 2.75) is 40.3 Å². The molecule has 1 aliphatic heterocycles. The Morgan fingerprint density at radius 1 is 1.11 bits per heavy atom. The molecule has 10 nitrogen and oxygen atoms in total. The van der Waals surface area contributed by atoms with Crippen molar-refractivity contribution in [3.63, 3.8) is 0 Å². The molecule has 46 heavy (non-hydrogen) atoms. The molecule has 0 radical (unpaired) electrons. The quantitative estimate of drug-likeness (QED) is 0.0809. The fourth-order valence-electron chi connectivity index (χ4n) is 5.06. The standard InChI is InChI=1S/C33H29ClIN3O7S/c1-5-43-26-14-21(13-24(35)30(26)45-17-20-8-11-23(34)12-9-20)15-27-31(39)37-29(22-10-7-18(3)25(16-22)38(41)42)28(32(40)44-6-2)19(4)36-33(37)46-27/h7-16,29H,5-6,17H2,1-4H3/b27-15+/t29-/m1/s1. The summed E-state index contributed by atoms with van der Waals surface area (Å²) >= 11 is 9.34. The van der Waals surface area contributed by atoms with Crippen LogP contribution in [0.1, 0.15) is 49.1 Å². The molecule has 4 aromatic rings. The molecule has 0 unspecified atom stereocenters. The molecular weight excluding hydrogens is 745 g/mol. The van der Waals surface area contributed by atoms with Crippen LogP contribution in [0.4, 0.5) is 5.69 Å². The second-order valence-electron chi connectivity index (χ2n) is 10.3. The largest absolute Gasteiger partial charge is 0.490 e. The van der Waals surface area contributed by atoms with Crippen LogP contribution in [0.2, 0.25) is 5.02 Å². The summed E-state index contributed by atoms with van der Waals surface area (Å²) in [5.41, 5.74) is 2.50. The number of hydrogen-bond donors (Lipinski definition) is 0. The Morgan fingerprint density at radius 2 is 1.85 bits per heavy atom. The maximum Gasteiger partial charge on any atom is 0.338 e. The zero-order valence-corrected chi connectivity index (χ0v) is 29.1. The second-order valence-corrected chi connectivity index (χ2v) is 12.9. The molecule has 1 aliphatic rings. The lowest BCUT2D eigenvalue weighted by Gasteiger charge is -2.24. The van der Waals surface area contributed by atoms with E-state index in [2.05, 4.69) is 27.6 Å². The maximum atomic E-state index is 14.1. The predicted octanol–water partition coefficient (Wildman–Crippen LogP) is 6.25. The molecule has 0 amide bonds. The monoisotopic (exact) mass is 773 g/mol. The number of nitro benzene ring substituents is 1. The van der Waals surface area contributed by atoms with Gasteiger partial charge in [0.1, 0.15) is 6.61 Å². The third-order valence-corrected chi connectivity index (χ3v) is 9.22. The molecular formula is C33H29ClIN3O7S. The van der Waals surface area contributed by atoms with Crippen molar-refractivity contribution in [3.05, 3.63) is 127 Å². The lowest BCUT2D eigenvalue weighted by atomic mass is 9.94. The van der Waals surface area contributed by atoms with Gasteiger partial charge in [0, 0.05) is 16.7 Å². The van der Waals surface area contributed by atoms with Crippen molar-refractivity contribution in [2.75, 3.05) is 13.2 Å². The molecule has 5 rings (SSSR count). The fraction of sp³-hybridized carbons (Fsp3) is 0.242. The normalized spacial score (nSPS) is 14.5. The van der Waals surface area contributed by atoms with E-state index < -0.39 is 22.5 Å². The van der Waals surface area contributed by atoms with Crippen molar-refractivity contribution < 1.29 is 23.9 Å². The summed E-state index contributed by atoms with van der Waals surface area (Å²) in [5.74, 6) is 0.454. The zero-order chi connectivity index (χ0) is 33.1. The number of ether oxygens (including phenoxy) is 3. The molecule has 0 saturated heterocycles. The minimum Gasteiger partial charge on any atom is -0.490 e. The highest BCUT2D eigenvalue weighted by molar-refractivity contribution is 14.1. The summed E-state index contributed by atoms with van der Waals surface area (Å²) in [6.07, 6.45) is 1.73. The molecule has 0 spiro atoms. The van der Waals surface area contributed by atoms with Crippen LogP contribution in [0.25, 0.3) is 6.08 Å². The van der Waals surface area contributed by atoms with Crippen LogP contribution < -0.4 is 24.4 Å². The molecule has 0 bridgehead atoms. The van der Waals surface area contributed by atoms with E-state index in [0.29, 0.717) is 61.5 Å². The van der Waals surface area contributed by atoms with E-state index in [1.165, 1.54) is 10.6 Å². The highest BCUT2D eigenvalue weighted by atomic mass is 127. The summed E-state index contributed by atoms with van der Waals surface area (Å²) in [6.45, 7) is 7.67. The Labute approximate surface area is 286 Å². The van der Waals surface area contributed by atoms with Gasteiger partial charge in [0.2, 0.25) is 0 Å². The van der Waals surface area contributed by atoms with Gasteiger partial charge in [-0.1, -0.05) is 47.2 Å². The summed E-state index contributed by atoms with van der Waals surface area (Å²) < 4.78 is 19.9. The van der Waals surface area contributed by atoms with E-state index in [9.17, 15) is 19.7 Å². The molecule has 1 aromatic heterocycles. The van der Waals surface area contributed by atoms with Crippen LogP contribution in [-0.4, -0.2) is 28.7 Å². The molecule has 0 saturated carbocycles. The maximum absolute atomic E-state index is 14.1. The molecule has 3 aromatic carbocycles. The van der Waals surface area contributed by atoms with Crippen LogP contribution in [0.5, 0.6) is 11.5 Å². The molecule has 0 N–H and O–H groups in total. The van der Waals surface area contributed by atoms with Crippen molar-refractivity contribution in [1.29, 1.82) is 0 Å². The van der Waals surface area contributed by atoms with Crippen LogP contribution in [0.3, 0.4) is 0 Å². The van der Waals surface area contributed by atoms with E-state index >= 15 is 0 Å². The first-order valence-corrected chi connectivity index (χ1v) is 16.6. The Hall–Kier alpha value is -4.01. The van der Waals surface area contributed by atoms with Crippen molar-refractivity contribution >= 4 is 63.3 Å². The number of aromatic nitrogens is 1. The Bertz CT molecular complexity index is 2050. The average Bonchev–Trinajstić information content (AvgIpc) is 3.31. The molecule has 238 valence electrons. The number of thiazole rings is 1.